The van der Waals surface area contributed by atoms with Crippen LogP contribution in [0.15, 0.2) is 4.52 Å². The molecule has 0 aliphatic heterocycles. The number of hydrogen-bond acceptors (Lipinski definition) is 4. The second-order valence-electron chi connectivity index (χ2n) is 4.13. The fourth-order valence-electron chi connectivity index (χ4n) is 1.37. The van der Waals surface area contributed by atoms with Crippen molar-refractivity contribution in [2.45, 2.75) is 58.4 Å². The molecule has 0 fully saturated rings. The lowest BCUT2D eigenvalue weighted by Gasteiger charge is -2.20. The minimum Gasteiger partial charge on any atom is -0.337 e. The zero-order valence-electron chi connectivity index (χ0n) is 10.1. The van der Waals surface area contributed by atoms with E-state index < -0.39 is 5.54 Å². The number of nitrogens with two attached hydrogens (primary N) is 1. The van der Waals surface area contributed by atoms with Crippen molar-refractivity contribution < 1.29 is 4.52 Å². The van der Waals surface area contributed by atoms with Crippen molar-refractivity contribution in [3.63, 3.8) is 0 Å². The van der Waals surface area contributed by atoms with Crippen LogP contribution in [0.1, 0.15) is 64.6 Å². The second-order valence-corrected chi connectivity index (χ2v) is 4.13. The molecular weight excluding hydrogens is 190 g/mol. The molecule has 0 saturated heterocycles. The first-order valence-corrected chi connectivity index (χ1v) is 5.70. The van der Waals surface area contributed by atoms with Gasteiger partial charge in [-0.2, -0.15) is 4.98 Å². The van der Waals surface area contributed by atoms with E-state index in [0.29, 0.717) is 11.8 Å². The zero-order valence-corrected chi connectivity index (χ0v) is 10.1. The monoisotopic (exact) mass is 211 g/mol. The van der Waals surface area contributed by atoms with E-state index in [4.69, 9.17) is 10.3 Å². The Labute approximate surface area is 91.2 Å². The SMILES string of the molecule is CCC(C)c1noc(C(N)(CC)CC)n1. The van der Waals surface area contributed by atoms with E-state index in [1.54, 1.807) is 0 Å². The molecule has 4 nitrogen and oxygen atoms in total. The molecule has 0 spiro atoms. The summed E-state index contributed by atoms with van der Waals surface area (Å²) in [6, 6.07) is 0. The molecule has 1 atom stereocenters. The van der Waals surface area contributed by atoms with Gasteiger partial charge in [-0.1, -0.05) is 32.9 Å². The summed E-state index contributed by atoms with van der Waals surface area (Å²) in [6.45, 7) is 8.27. The highest BCUT2D eigenvalue weighted by Gasteiger charge is 2.30. The van der Waals surface area contributed by atoms with Crippen LogP contribution in [0.2, 0.25) is 0 Å². The van der Waals surface area contributed by atoms with Gasteiger partial charge in [0.25, 0.3) is 0 Å². The number of rotatable bonds is 5. The van der Waals surface area contributed by atoms with Crippen LogP contribution in [0, 0.1) is 0 Å². The summed E-state index contributed by atoms with van der Waals surface area (Å²) in [5, 5.41) is 3.98. The number of nitrogens with zero attached hydrogens (tertiary/aromatic N) is 2. The van der Waals surface area contributed by atoms with Crippen molar-refractivity contribution in [2.24, 2.45) is 5.73 Å². The highest BCUT2D eigenvalue weighted by atomic mass is 16.5. The van der Waals surface area contributed by atoms with Crippen molar-refractivity contribution in [2.75, 3.05) is 0 Å². The fraction of sp³-hybridized carbons (Fsp3) is 0.818. The third kappa shape index (κ3) is 2.37. The van der Waals surface area contributed by atoms with E-state index in [0.717, 1.165) is 25.1 Å². The Kier molecular flexibility index (Phi) is 3.85. The summed E-state index contributed by atoms with van der Waals surface area (Å²) >= 11 is 0. The maximum atomic E-state index is 6.18. The van der Waals surface area contributed by atoms with Gasteiger partial charge >= 0.3 is 0 Å². The molecule has 0 radical (unpaired) electrons. The summed E-state index contributed by atoms with van der Waals surface area (Å²) in [5.74, 6) is 1.67. The number of aromatic nitrogens is 2. The van der Waals surface area contributed by atoms with E-state index >= 15 is 0 Å². The average molecular weight is 211 g/mol. The Morgan fingerprint density at radius 3 is 2.40 bits per heavy atom. The summed E-state index contributed by atoms with van der Waals surface area (Å²) in [7, 11) is 0. The third-order valence-corrected chi connectivity index (χ3v) is 3.18. The molecule has 2 N–H and O–H groups in total. The summed E-state index contributed by atoms with van der Waals surface area (Å²) in [6.07, 6.45) is 2.63. The Bertz CT molecular complexity index is 305. The van der Waals surface area contributed by atoms with Crippen LogP contribution in [0.4, 0.5) is 0 Å². The molecule has 1 aromatic rings. The van der Waals surface area contributed by atoms with Gasteiger partial charge < -0.3 is 10.3 Å². The van der Waals surface area contributed by atoms with Crippen molar-refractivity contribution in [3.05, 3.63) is 11.7 Å². The van der Waals surface area contributed by atoms with Crippen molar-refractivity contribution in [1.29, 1.82) is 0 Å². The van der Waals surface area contributed by atoms with E-state index in [-0.39, 0.29) is 0 Å². The van der Waals surface area contributed by atoms with E-state index in [2.05, 4.69) is 24.0 Å². The van der Waals surface area contributed by atoms with Crippen molar-refractivity contribution >= 4 is 0 Å². The molecule has 0 aliphatic rings. The molecule has 0 bridgehead atoms. The predicted molar refractivity (Wildman–Crippen MR) is 59.5 cm³/mol. The molecule has 0 aliphatic carbocycles. The first-order valence-electron chi connectivity index (χ1n) is 5.70. The van der Waals surface area contributed by atoms with Crippen LogP contribution >= 0.6 is 0 Å². The van der Waals surface area contributed by atoms with Crippen LogP contribution in [0.5, 0.6) is 0 Å². The van der Waals surface area contributed by atoms with Gasteiger partial charge in [-0.15, -0.1) is 0 Å². The highest BCUT2D eigenvalue weighted by Crippen LogP contribution is 2.25. The van der Waals surface area contributed by atoms with Gasteiger partial charge in [0.1, 0.15) is 0 Å². The molecule has 1 heterocycles. The van der Waals surface area contributed by atoms with Crippen LogP contribution in [-0.2, 0) is 5.54 Å². The summed E-state index contributed by atoms with van der Waals surface area (Å²) in [4.78, 5) is 4.39. The molecule has 1 unspecified atom stereocenters. The third-order valence-electron chi connectivity index (χ3n) is 3.18. The first-order chi connectivity index (χ1) is 7.07. The topological polar surface area (TPSA) is 64.9 Å². The maximum Gasteiger partial charge on any atom is 0.246 e. The molecule has 1 aromatic heterocycles. The standard InChI is InChI=1S/C11H21N3O/c1-5-8(4)9-13-10(15-14-9)11(12,6-2)7-3/h8H,5-7,12H2,1-4H3. The highest BCUT2D eigenvalue weighted by molar-refractivity contribution is 5.03. The molecule has 15 heavy (non-hydrogen) atoms. The lowest BCUT2D eigenvalue weighted by Crippen LogP contribution is -2.35. The predicted octanol–water partition coefficient (Wildman–Crippen LogP) is 2.56. The van der Waals surface area contributed by atoms with Gasteiger partial charge in [-0.25, -0.2) is 0 Å². The summed E-state index contributed by atoms with van der Waals surface area (Å²) < 4.78 is 5.25. The van der Waals surface area contributed by atoms with E-state index in [1.807, 2.05) is 13.8 Å². The minimum absolute atomic E-state index is 0.334. The first kappa shape index (κ1) is 12.2. The van der Waals surface area contributed by atoms with Gasteiger partial charge in [0.2, 0.25) is 5.89 Å². The largest absolute Gasteiger partial charge is 0.337 e. The lowest BCUT2D eigenvalue weighted by molar-refractivity contribution is 0.266. The quantitative estimate of drug-likeness (QED) is 0.812. The Morgan fingerprint density at radius 1 is 1.33 bits per heavy atom. The summed E-state index contributed by atoms with van der Waals surface area (Å²) in [5.41, 5.74) is 5.72. The van der Waals surface area contributed by atoms with Crippen LogP contribution < -0.4 is 5.73 Å². The molecular formula is C11H21N3O. The number of hydrogen-bond donors (Lipinski definition) is 1. The smallest absolute Gasteiger partial charge is 0.246 e. The molecule has 0 saturated carbocycles. The zero-order chi connectivity index (χ0) is 11.5. The van der Waals surface area contributed by atoms with E-state index in [9.17, 15) is 0 Å². The molecule has 0 amide bonds. The second kappa shape index (κ2) is 4.75. The van der Waals surface area contributed by atoms with Gasteiger partial charge in [-0.3, -0.25) is 0 Å². The molecule has 1 rings (SSSR count). The van der Waals surface area contributed by atoms with Gasteiger partial charge in [0.15, 0.2) is 5.82 Å². The van der Waals surface area contributed by atoms with Crippen LogP contribution in [-0.4, -0.2) is 10.1 Å². The average Bonchev–Trinajstić information content (AvgIpc) is 2.76. The van der Waals surface area contributed by atoms with Gasteiger partial charge in [0.05, 0.1) is 5.54 Å². The maximum absolute atomic E-state index is 6.18. The van der Waals surface area contributed by atoms with Gasteiger partial charge in [0, 0.05) is 5.92 Å². The normalized spacial score (nSPS) is 14.2. The molecule has 4 heteroatoms. The Morgan fingerprint density at radius 2 is 1.93 bits per heavy atom. The van der Waals surface area contributed by atoms with Gasteiger partial charge in [-0.05, 0) is 19.3 Å². The minimum atomic E-state index is -0.460. The molecule has 0 aromatic carbocycles. The molecule has 86 valence electrons. The Balaban J connectivity index is 2.92. The fourth-order valence-corrected chi connectivity index (χ4v) is 1.37. The Hall–Kier alpha value is -0.900. The lowest BCUT2D eigenvalue weighted by atomic mass is 9.94. The van der Waals surface area contributed by atoms with Crippen LogP contribution in [0.3, 0.4) is 0 Å². The van der Waals surface area contributed by atoms with Crippen molar-refractivity contribution in [3.8, 4) is 0 Å². The van der Waals surface area contributed by atoms with Crippen LogP contribution in [0.25, 0.3) is 0 Å². The van der Waals surface area contributed by atoms with E-state index in [1.165, 1.54) is 0 Å². The van der Waals surface area contributed by atoms with Crippen molar-refractivity contribution in [1.82, 2.24) is 10.1 Å².